The van der Waals surface area contributed by atoms with E-state index in [2.05, 4.69) is 20.8 Å². The van der Waals surface area contributed by atoms with Crippen LogP contribution < -0.4 is 0 Å². The zero-order valence-electron chi connectivity index (χ0n) is 11.1. The lowest BCUT2D eigenvalue weighted by atomic mass is 9.75. The van der Waals surface area contributed by atoms with E-state index in [1.165, 1.54) is 19.3 Å². The molecule has 96 valence electrons. The summed E-state index contributed by atoms with van der Waals surface area (Å²) in [5.74, 6) is 2.29. The van der Waals surface area contributed by atoms with Crippen LogP contribution in [-0.2, 0) is 4.74 Å². The Bertz CT molecular complexity index is 180. The highest BCUT2D eigenvalue weighted by molar-refractivity contribution is 4.81. The van der Waals surface area contributed by atoms with Crippen molar-refractivity contribution < 1.29 is 9.84 Å². The van der Waals surface area contributed by atoms with Gasteiger partial charge in [0.2, 0.25) is 0 Å². The van der Waals surface area contributed by atoms with Crippen LogP contribution in [0.2, 0.25) is 0 Å². The van der Waals surface area contributed by atoms with E-state index >= 15 is 0 Å². The molecule has 0 spiro atoms. The van der Waals surface area contributed by atoms with Gasteiger partial charge in [-0.05, 0) is 43.4 Å². The molecule has 0 saturated heterocycles. The monoisotopic (exact) mass is 228 g/mol. The van der Waals surface area contributed by atoms with Gasteiger partial charge in [0, 0.05) is 13.2 Å². The molecule has 0 aromatic carbocycles. The summed E-state index contributed by atoms with van der Waals surface area (Å²) in [4.78, 5) is 0. The molecule has 0 aromatic rings. The first-order valence-electron chi connectivity index (χ1n) is 6.87. The maximum Gasteiger partial charge on any atom is 0.0608 e. The predicted molar refractivity (Wildman–Crippen MR) is 67.4 cm³/mol. The zero-order valence-corrected chi connectivity index (χ0v) is 11.1. The molecular formula is C14H28O2. The SMILES string of the molecule is CC(C)[C@@H]1CC[C@@H](C)C[C@H]1OCCCCO. The number of unbranched alkanes of at least 4 members (excludes halogenated alkanes) is 1. The lowest BCUT2D eigenvalue weighted by Gasteiger charge is -2.37. The third kappa shape index (κ3) is 4.42. The van der Waals surface area contributed by atoms with Crippen LogP contribution in [0.15, 0.2) is 0 Å². The smallest absolute Gasteiger partial charge is 0.0608 e. The topological polar surface area (TPSA) is 29.5 Å². The Balaban J connectivity index is 2.33. The van der Waals surface area contributed by atoms with Gasteiger partial charge in [0.05, 0.1) is 6.10 Å². The van der Waals surface area contributed by atoms with Gasteiger partial charge in [-0.3, -0.25) is 0 Å². The van der Waals surface area contributed by atoms with E-state index < -0.39 is 0 Å². The van der Waals surface area contributed by atoms with Crippen LogP contribution in [0.25, 0.3) is 0 Å². The normalized spacial score (nSPS) is 30.9. The second-order valence-corrected chi connectivity index (χ2v) is 5.67. The summed E-state index contributed by atoms with van der Waals surface area (Å²) < 4.78 is 6.02. The van der Waals surface area contributed by atoms with Gasteiger partial charge < -0.3 is 9.84 Å². The van der Waals surface area contributed by atoms with Gasteiger partial charge in [-0.1, -0.05) is 27.2 Å². The van der Waals surface area contributed by atoms with Crippen molar-refractivity contribution >= 4 is 0 Å². The Labute approximate surface area is 100 Å². The Morgan fingerprint density at radius 2 is 2.00 bits per heavy atom. The fraction of sp³-hybridized carbons (Fsp3) is 1.00. The first-order valence-corrected chi connectivity index (χ1v) is 6.87. The van der Waals surface area contributed by atoms with Gasteiger partial charge in [0.15, 0.2) is 0 Å². The van der Waals surface area contributed by atoms with E-state index in [1.54, 1.807) is 0 Å². The standard InChI is InChI=1S/C14H28O2/c1-11(2)13-7-6-12(3)10-14(13)16-9-5-4-8-15/h11-15H,4-10H2,1-3H3/t12-,13+,14-/m1/s1. The number of rotatable bonds is 6. The minimum absolute atomic E-state index is 0.290. The Morgan fingerprint density at radius 3 is 2.62 bits per heavy atom. The Hall–Kier alpha value is -0.0800. The molecule has 1 rings (SSSR count). The molecule has 2 heteroatoms. The van der Waals surface area contributed by atoms with Crippen molar-refractivity contribution in [3.8, 4) is 0 Å². The van der Waals surface area contributed by atoms with Crippen LogP contribution in [-0.4, -0.2) is 24.4 Å². The summed E-state index contributed by atoms with van der Waals surface area (Å²) in [5, 5.41) is 8.73. The molecule has 0 bridgehead atoms. The average molecular weight is 228 g/mol. The second kappa shape index (κ2) is 7.29. The fourth-order valence-corrected chi connectivity index (χ4v) is 2.75. The molecule has 3 atom stereocenters. The third-order valence-electron chi connectivity index (χ3n) is 3.85. The fourth-order valence-electron chi connectivity index (χ4n) is 2.75. The van der Waals surface area contributed by atoms with Crippen molar-refractivity contribution in [3.63, 3.8) is 0 Å². The van der Waals surface area contributed by atoms with E-state index in [0.717, 1.165) is 37.2 Å². The van der Waals surface area contributed by atoms with E-state index in [1.807, 2.05) is 0 Å². The molecule has 0 amide bonds. The molecule has 0 aliphatic heterocycles. The highest BCUT2D eigenvalue weighted by Crippen LogP contribution is 2.35. The minimum atomic E-state index is 0.290. The molecule has 1 fully saturated rings. The molecule has 1 aliphatic rings. The van der Waals surface area contributed by atoms with Crippen molar-refractivity contribution in [2.24, 2.45) is 17.8 Å². The summed E-state index contributed by atoms with van der Waals surface area (Å²) >= 11 is 0. The molecule has 1 saturated carbocycles. The number of hydrogen-bond acceptors (Lipinski definition) is 2. The van der Waals surface area contributed by atoms with Crippen LogP contribution in [0.4, 0.5) is 0 Å². The first-order chi connectivity index (χ1) is 7.65. The lowest BCUT2D eigenvalue weighted by molar-refractivity contribution is -0.0400. The highest BCUT2D eigenvalue weighted by Gasteiger charge is 2.30. The summed E-state index contributed by atoms with van der Waals surface area (Å²) in [7, 11) is 0. The van der Waals surface area contributed by atoms with Crippen molar-refractivity contribution in [3.05, 3.63) is 0 Å². The Morgan fingerprint density at radius 1 is 1.25 bits per heavy atom. The van der Waals surface area contributed by atoms with Gasteiger partial charge in [0.25, 0.3) is 0 Å². The van der Waals surface area contributed by atoms with Crippen LogP contribution in [0.1, 0.15) is 52.9 Å². The van der Waals surface area contributed by atoms with Gasteiger partial charge in [-0.2, -0.15) is 0 Å². The van der Waals surface area contributed by atoms with Gasteiger partial charge >= 0.3 is 0 Å². The van der Waals surface area contributed by atoms with E-state index in [-0.39, 0.29) is 6.61 Å². The molecule has 1 N–H and O–H groups in total. The summed E-state index contributed by atoms with van der Waals surface area (Å²) in [6.07, 6.45) is 6.23. The average Bonchev–Trinajstić information content (AvgIpc) is 2.24. The predicted octanol–water partition coefficient (Wildman–Crippen LogP) is 3.24. The van der Waals surface area contributed by atoms with E-state index in [9.17, 15) is 0 Å². The van der Waals surface area contributed by atoms with Crippen molar-refractivity contribution in [1.82, 2.24) is 0 Å². The van der Waals surface area contributed by atoms with E-state index in [4.69, 9.17) is 9.84 Å². The van der Waals surface area contributed by atoms with Crippen molar-refractivity contribution in [1.29, 1.82) is 0 Å². The second-order valence-electron chi connectivity index (χ2n) is 5.67. The number of ether oxygens (including phenoxy) is 1. The van der Waals surface area contributed by atoms with Crippen LogP contribution in [0.3, 0.4) is 0 Å². The minimum Gasteiger partial charge on any atom is -0.396 e. The quantitative estimate of drug-likeness (QED) is 0.707. The molecule has 16 heavy (non-hydrogen) atoms. The molecule has 0 radical (unpaired) electrons. The number of aliphatic hydroxyl groups is 1. The Kier molecular flexibility index (Phi) is 6.37. The summed E-state index contributed by atoms with van der Waals surface area (Å²) in [5.41, 5.74) is 0. The van der Waals surface area contributed by atoms with Gasteiger partial charge in [-0.15, -0.1) is 0 Å². The third-order valence-corrected chi connectivity index (χ3v) is 3.85. The highest BCUT2D eigenvalue weighted by atomic mass is 16.5. The number of hydrogen-bond donors (Lipinski definition) is 1. The molecule has 0 aromatic heterocycles. The number of aliphatic hydroxyl groups excluding tert-OH is 1. The lowest BCUT2D eigenvalue weighted by Crippen LogP contribution is -2.34. The largest absolute Gasteiger partial charge is 0.396 e. The first kappa shape index (κ1) is 14.0. The van der Waals surface area contributed by atoms with Crippen LogP contribution in [0, 0.1) is 17.8 Å². The van der Waals surface area contributed by atoms with E-state index in [0.29, 0.717) is 6.10 Å². The van der Waals surface area contributed by atoms with Gasteiger partial charge in [0.1, 0.15) is 0 Å². The maximum absolute atomic E-state index is 8.73. The molecule has 0 heterocycles. The molecule has 1 aliphatic carbocycles. The molecule has 2 nitrogen and oxygen atoms in total. The van der Waals surface area contributed by atoms with Crippen molar-refractivity contribution in [2.75, 3.05) is 13.2 Å². The van der Waals surface area contributed by atoms with Crippen molar-refractivity contribution in [2.45, 2.75) is 59.0 Å². The molecular weight excluding hydrogens is 200 g/mol. The van der Waals surface area contributed by atoms with Crippen LogP contribution in [0.5, 0.6) is 0 Å². The van der Waals surface area contributed by atoms with Crippen LogP contribution >= 0.6 is 0 Å². The summed E-state index contributed by atoms with van der Waals surface area (Å²) in [6, 6.07) is 0. The van der Waals surface area contributed by atoms with Gasteiger partial charge in [-0.25, -0.2) is 0 Å². The maximum atomic E-state index is 8.73. The molecule has 0 unspecified atom stereocenters. The zero-order chi connectivity index (χ0) is 12.0. The summed E-state index contributed by atoms with van der Waals surface area (Å²) in [6.45, 7) is 8.06.